The molecule has 0 heterocycles. The van der Waals surface area contributed by atoms with Crippen molar-refractivity contribution in [2.75, 3.05) is 13.2 Å². The van der Waals surface area contributed by atoms with Gasteiger partial charge in [-0.25, -0.2) is 0 Å². The number of nitrogens with two attached hydrogens (primary N) is 1. The van der Waals surface area contributed by atoms with Gasteiger partial charge in [0, 0.05) is 10.1 Å². The van der Waals surface area contributed by atoms with E-state index in [1.165, 1.54) is 0 Å². The molecule has 2 N–H and O–H groups in total. The summed E-state index contributed by atoms with van der Waals surface area (Å²) in [7, 11) is 0. The second-order valence-corrected chi connectivity index (χ2v) is 4.07. The maximum Gasteiger partial charge on any atom is 0.123 e. The van der Waals surface area contributed by atoms with Crippen molar-refractivity contribution in [2.24, 2.45) is 5.73 Å². The monoisotopic (exact) mass is 245 g/mol. The predicted octanol–water partition coefficient (Wildman–Crippen LogP) is 2.97. The lowest BCUT2D eigenvalue weighted by atomic mass is 10.1. The molecule has 0 radical (unpaired) electrons. The SMILES string of the molecule is C=C(Cl)COc1ccc(Cl)cc1CCN. The molecule has 0 saturated heterocycles. The maximum atomic E-state index is 5.88. The van der Waals surface area contributed by atoms with Gasteiger partial charge in [0.05, 0.1) is 0 Å². The molecule has 2 nitrogen and oxygen atoms in total. The minimum Gasteiger partial charge on any atom is -0.488 e. The van der Waals surface area contributed by atoms with E-state index in [0.29, 0.717) is 23.2 Å². The minimum atomic E-state index is 0.292. The maximum absolute atomic E-state index is 5.88. The third-order valence-electron chi connectivity index (χ3n) is 1.82. The summed E-state index contributed by atoms with van der Waals surface area (Å²) < 4.78 is 5.46. The molecule has 0 unspecified atom stereocenters. The van der Waals surface area contributed by atoms with E-state index in [-0.39, 0.29) is 0 Å². The molecule has 0 amide bonds. The average Bonchev–Trinajstić information content (AvgIpc) is 2.17. The van der Waals surface area contributed by atoms with E-state index in [1.54, 1.807) is 6.07 Å². The third kappa shape index (κ3) is 4.12. The van der Waals surface area contributed by atoms with Crippen molar-refractivity contribution in [3.05, 3.63) is 40.4 Å². The van der Waals surface area contributed by atoms with Crippen molar-refractivity contribution in [3.8, 4) is 5.75 Å². The first-order chi connectivity index (χ1) is 7.13. The zero-order valence-electron chi connectivity index (χ0n) is 8.30. The molecule has 1 aromatic rings. The van der Waals surface area contributed by atoms with E-state index in [2.05, 4.69) is 6.58 Å². The molecule has 0 bridgehead atoms. The van der Waals surface area contributed by atoms with Crippen LogP contribution in [0.15, 0.2) is 29.8 Å². The molecule has 0 aliphatic heterocycles. The number of hydrogen-bond acceptors (Lipinski definition) is 2. The largest absolute Gasteiger partial charge is 0.488 e. The van der Waals surface area contributed by atoms with E-state index in [9.17, 15) is 0 Å². The quantitative estimate of drug-likeness (QED) is 0.866. The van der Waals surface area contributed by atoms with Gasteiger partial charge in [0.15, 0.2) is 0 Å². The molecule has 0 spiro atoms. The van der Waals surface area contributed by atoms with Crippen LogP contribution in [0.1, 0.15) is 5.56 Å². The molecule has 1 rings (SSSR count). The highest BCUT2D eigenvalue weighted by molar-refractivity contribution is 6.30. The molecule has 15 heavy (non-hydrogen) atoms. The fourth-order valence-corrected chi connectivity index (χ4v) is 1.45. The second-order valence-electron chi connectivity index (χ2n) is 3.10. The first-order valence-corrected chi connectivity index (χ1v) is 5.33. The van der Waals surface area contributed by atoms with Crippen molar-refractivity contribution in [1.29, 1.82) is 0 Å². The van der Waals surface area contributed by atoms with E-state index < -0.39 is 0 Å². The molecule has 0 aromatic heterocycles. The molecular weight excluding hydrogens is 233 g/mol. The first kappa shape index (κ1) is 12.4. The average molecular weight is 246 g/mol. The zero-order chi connectivity index (χ0) is 11.3. The molecule has 1 aromatic carbocycles. The van der Waals surface area contributed by atoms with Crippen molar-refractivity contribution < 1.29 is 4.74 Å². The molecule has 82 valence electrons. The molecule has 0 fully saturated rings. The second kappa shape index (κ2) is 6.01. The van der Waals surface area contributed by atoms with Gasteiger partial charge in [0.25, 0.3) is 0 Å². The Kier molecular flexibility index (Phi) is 4.95. The van der Waals surface area contributed by atoms with Crippen LogP contribution in [0.2, 0.25) is 5.02 Å². The molecule has 4 heteroatoms. The highest BCUT2D eigenvalue weighted by Gasteiger charge is 2.04. The lowest BCUT2D eigenvalue weighted by Gasteiger charge is -2.10. The Balaban J connectivity index is 2.80. The smallest absolute Gasteiger partial charge is 0.123 e. The number of ether oxygens (including phenoxy) is 1. The van der Waals surface area contributed by atoms with Gasteiger partial charge < -0.3 is 10.5 Å². The number of benzene rings is 1. The number of hydrogen-bond donors (Lipinski definition) is 1. The van der Waals surface area contributed by atoms with Crippen molar-refractivity contribution in [2.45, 2.75) is 6.42 Å². The van der Waals surface area contributed by atoms with Crippen LogP contribution >= 0.6 is 23.2 Å². The van der Waals surface area contributed by atoms with Gasteiger partial charge in [-0.3, -0.25) is 0 Å². The summed E-state index contributed by atoms with van der Waals surface area (Å²) in [6.07, 6.45) is 0.727. The van der Waals surface area contributed by atoms with E-state index in [0.717, 1.165) is 17.7 Å². The minimum absolute atomic E-state index is 0.292. The van der Waals surface area contributed by atoms with E-state index >= 15 is 0 Å². The Labute approximate surface area is 99.6 Å². The highest BCUT2D eigenvalue weighted by Crippen LogP contribution is 2.23. The van der Waals surface area contributed by atoms with Gasteiger partial charge in [0.2, 0.25) is 0 Å². The fourth-order valence-electron chi connectivity index (χ4n) is 1.20. The van der Waals surface area contributed by atoms with Crippen LogP contribution in [0, 0.1) is 0 Å². The number of halogens is 2. The summed E-state index contributed by atoms with van der Waals surface area (Å²) in [6, 6.07) is 5.43. The Morgan fingerprint density at radius 2 is 2.20 bits per heavy atom. The summed E-state index contributed by atoms with van der Waals surface area (Å²) in [4.78, 5) is 0. The van der Waals surface area contributed by atoms with Crippen LogP contribution in [0.3, 0.4) is 0 Å². The topological polar surface area (TPSA) is 35.2 Å². The van der Waals surface area contributed by atoms with Gasteiger partial charge in [-0.1, -0.05) is 29.8 Å². The van der Waals surface area contributed by atoms with Crippen molar-refractivity contribution in [1.82, 2.24) is 0 Å². The normalized spacial score (nSPS) is 10.1. The molecular formula is C11H13Cl2NO. The summed E-state index contributed by atoms with van der Waals surface area (Å²) >= 11 is 11.5. The first-order valence-electron chi connectivity index (χ1n) is 4.58. The Morgan fingerprint density at radius 3 is 2.80 bits per heavy atom. The standard InChI is InChI=1S/C11H13Cl2NO/c1-8(12)7-15-11-3-2-10(13)6-9(11)4-5-14/h2-3,6H,1,4-5,7,14H2. The van der Waals surface area contributed by atoms with Crippen molar-refractivity contribution >= 4 is 23.2 Å². The third-order valence-corrected chi connectivity index (χ3v) is 2.16. The van der Waals surface area contributed by atoms with Crippen LogP contribution < -0.4 is 10.5 Å². The molecule has 0 aliphatic rings. The Morgan fingerprint density at radius 1 is 1.47 bits per heavy atom. The molecule has 0 atom stereocenters. The lowest BCUT2D eigenvalue weighted by Crippen LogP contribution is -2.06. The van der Waals surface area contributed by atoms with E-state index in [4.69, 9.17) is 33.7 Å². The molecule has 0 aliphatic carbocycles. The highest BCUT2D eigenvalue weighted by atomic mass is 35.5. The zero-order valence-corrected chi connectivity index (χ0v) is 9.81. The van der Waals surface area contributed by atoms with Crippen LogP contribution in [-0.2, 0) is 6.42 Å². The Bertz CT molecular complexity index is 352. The summed E-state index contributed by atoms with van der Waals surface area (Å²) in [5.41, 5.74) is 6.48. The van der Waals surface area contributed by atoms with Crippen LogP contribution in [0.5, 0.6) is 5.75 Å². The molecule has 0 saturated carbocycles. The van der Waals surface area contributed by atoms with Gasteiger partial charge in [-0.15, -0.1) is 0 Å². The fraction of sp³-hybridized carbons (Fsp3) is 0.273. The van der Waals surface area contributed by atoms with Crippen molar-refractivity contribution in [3.63, 3.8) is 0 Å². The number of rotatable bonds is 5. The van der Waals surface area contributed by atoms with Gasteiger partial charge in [-0.05, 0) is 36.7 Å². The van der Waals surface area contributed by atoms with Gasteiger partial charge >= 0.3 is 0 Å². The Hall–Kier alpha value is -0.700. The predicted molar refractivity (Wildman–Crippen MR) is 64.7 cm³/mol. The van der Waals surface area contributed by atoms with Gasteiger partial charge in [0.1, 0.15) is 12.4 Å². The van der Waals surface area contributed by atoms with E-state index in [1.807, 2.05) is 12.1 Å². The lowest BCUT2D eigenvalue weighted by molar-refractivity contribution is 0.355. The summed E-state index contributed by atoms with van der Waals surface area (Å²) in [5.74, 6) is 0.756. The van der Waals surface area contributed by atoms with Gasteiger partial charge in [-0.2, -0.15) is 0 Å². The van der Waals surface area contributed by atoms with Crippen LogP contribution in [-0.4, -0.2) is 13.2 Å². The summed E-state index contributed by atoms with van der Waals surface area (Å²) in [6.45, 7) is 4.40. The van der Waals surface area contributed by atoms with Crippen LogP contribution in [0.25, 0.3) is 0 Å². The van der Waals surface area contributed by atoms with Crippen LogP contribution in [0.4, 0.5) is 0 Å². The summed E-state index contributed by atoms with van der Waals surface area (Å²) in [5, 5.41) is 1.14.